The van der Waals surface area contributed by atoms with Crippen LogP contribution in [0, 0.1) is 6.92 Å². The maximum Gasteiger partial charge on any atom is 0.251 e. The largest absolute Gasteiger partial charge is 0.396 e. The Hall–Kier alpha value is -1.88. The zero-order valence-corrected chi connectivity index (χ0v) is 10.6. The van der Waals surface area contributed by atoms with Crippen LogP contribution in [-0.2, 0) is 4.79 Å². The number of anilines is 1. The highest BCUT2D eigenvalue weighted by Gasteiger charge is 2.08. The van der Waals surface area contributed by atoms with Crippen molar-refractivity contribution in [3.63, 3.8) is 0 Å². The van der Waals surface area contributed by atoms with Gasteiger partial charge in [-0.2, -0.15) is 0 Å². The summed E-state index contributed by atoms with van der Waals surface area (Å²) in [6, 6.07) is 5.13. The Balaban J connectivity index is 2.77. The zero-order valence-electron chi connectivity index (χ0n) is 10.6. The van der Waals surface area contributed by atoms with Crippen molar-refractivity contribution in [1.29, 1.82) is 0 Å². The average molecular weight is 250 g/mol. The van der Waals surface area contributed by atoms with Gasteiger partial charge in [0.15, 0.2) is 0 Å². The van der Waals surface area contributed by atoms with Gasteiger partial charge in [0.1, 0.15) is 0 Å². The first-order chi connectivity index (χ1) is 8.54. The molecule has 0 aliphatic rings. The van der Waals surface area contributed by atoms with Crippen molar-refractivity contribution in [2.24, 2.45) is 0 Å². The summed E-state index contributed by atoms with van der Waals surface area (Å²) in [4.78, 5) is 22.8. The predicted molar refractivity (Wildman–Crippen MR) is 69.5 cm³/mol. The number of hydrogen-bond acceptors (Lipinski definition) is 3. The van der Waals surface area contributed by atoms with Crippen molar-refractivity contribution >= 4 is 17.5 Å². The van der Waals surface area contributed by atoms with Crippen LogP contribution in [0.15, 0.2) is 18.2 Å². The molecule has 0 bridgehead atoms. The Morgan fingerprint density at radius 2 is 2.06 bits per heavy atom. The molecule has 0 spiro atoms. The van der Waals surface area contributed by atoms with E-state index in [1.807, 2.05) is 6.92 Å². The number of aryl methyl sites for hydroxylation is 1. The first kappa shape index (κ1) is 14.2. The molecule has 3 N–H and O–H groups in total. The van der Waals surface area contributed by atoms with Gasteiger partial charge in [0.05, 0.1) is 0 Å². The molecule has 18 heavy (non-hydrogen) atoms. The Bertz CT molecular complexity index is 444. The highest BCUT2D eigenvalue weighted by molar-refractivity contribution is 5.97. The molecule has 0 aromatic heterocycles. The molecule has 0 aliphatic carbocycles. The summed E-state index contributed by atoms with van der Waals surface area (Å²) in [6.45, 7) is 3.76. The van der Waals surface area contributed by atoms with Crippen LogP contribution in [0.5, 0.6) is 0 Å². The molecule has 5 nitrogen and oxygen atoms in total. The average Bonchev–Trinajstić information content (AvgIpc) is 2.31. The molecule has 2 amide bonds. The summed E-state index contributed by atoms with van der Waals surface area (Å²) in [5, 5.41) is 14.0. The maximum atomic E-state index is 11.8. The lowest BCUT2D eigenvalue weighted by molar-refractivity contribution is -0.114. The second kappa shape index (κ2) is 6.76. The molecule has 0 unspecified atom stereocenters. The standard InChI is InChI=1S/C13H18N2O3/c1-9-4-5-11(8-12(9)15-10(2)17)13(18)14-6-3-7-16/h4-5,8,16H,3,6-7H2,1-2H3,(H,14,18)(H,15,17). The first-order valence-electron chi connectivity index (χ1n) is 5.82. The van der Waals surface area contributed by atoms with Crippen LogP contribution in [0.4, 0.5) is 5.69 Å². The Kier molecular flexibility index (Phi) is 5.32. The minimum Gasteiger partial charge on any atom is -0.396 e. The zero-order chi connectivity index (χ0) is 13.5. The molecule has 0 fully saturated rings. The third kappa shape index (κ3) is 4.18. The van der Waals surface area contributed by atoms with E-state index in [1.165, 1.54) is 6.92 Å². The molecule has 0 saturated heterocycles. The van der Waals surface area contributed by atoms with E-state index in [-0.39, 0.29) is 18.4 Å². The second-order valence-electron chi connectivity index (χ2n) is 4.04. The third-order valence-electron chi connectivity index (χ3n) is 2.43. The van der Waals surface area contributed by atoms with Gasteiger partial charge < -0.3 is 15.7 Å². The summed E-state index contributed by atoms with van der Waals surface area (Å²) >= 11 is 0. The lowest BCUT2D eigenvalue weighted by atomic mass is 10.1. The minimum atomic E-state index is -0.213. The van der Waals surface area contributed by atoms with Crippen LogP contribution in [0.3, 0.4) is 0 Å². The normalized spacial score (nSPS) is 9.94. The second-order valence-corrected chi connectivity index (χ2v) is 4.04. The topological polar surface area (TPSA) is 78.4 Å². The number of carbonyl (C=O) groups is 2. The third-order valence-corrected chi connectivity index (χ3v) is 2.43. The Labute approximate surface area is 106 Å². The van der Waals surface area contributed by atoms with Crippen LogP contribution < -0.4 is 10.6 Å². The summed E-state index contributed by atoms with van der Waals surface area (Å²) in [6.07, 6.45) is 0.524. The predicted octanol–water partition coefficient (Wildman–Crippen LogP) is 1.07. The molecular weight excluding hydrogens is 232 g/mol. The smallest absolute Gasteiger partial charge is 0.251 e. The lowest BCUT2D eigenvalue weighted by Crippen LogP contribution is -2.25. The van der Waals surface area contributed by atoms with Gasteiger partial charge in [0, 0.05) is 31.3 Å². The Morgan fingerprint density at radius 3 is 2.67 bits per heavy atom. The number of rotatable bonds is 5. The van der Waals surface area contributed by atoms with Gasteiger partial charge >= 0.3 is 0 Å². The van der Waals surface area contributed by atoms with Crippen molar-refractivity contribution in [3.8, 4) is 0 Å². The van der Waals surface area contributed by atoms with Crippen LogP contribution >= 0.6 is 0 Å². The molecule has 98 valence electrons. The van der Waals surface area contributed by atoms with Crippen molar-refractivity contribution in [2.75, 3.05) is 18.5 Å². The van der Waals surface area contributed by atoms with Gasteiger partial charge in [-0.05, 0) is 31.0 Å². The van der Waals surface area contributed by atoms with Gasteiger partial charge in [0.2, 0.25) is 5.91 Å². The number of benzene rings is 1. The monoisotopic (exact) mass is 250 g/mol. The van der Waals surface area contributed by atoms with Gasteiger partial charge in [-0.1, -0.05) is 6.07 Å². The molecule has 1 aromatic rings. The molecular formula is C13H18N2O3. The SMILES string of the molecule is CC(=O)Nc1cc(C(=O)NCCCO)ccc1C. The van der Waals surface area contributed by atoms with E-state index in [4.69, 9.17) is 5.11 Å². The van der Waals surface area contributed by atoms with Gasteiger partial charge in [-0.3, -0.25) is 9.59 Å². The summed E-state index contributed by atoms with van der Waals surface area (Å²) in [7, 11) is 0. The van der Waals surface area contributed by atoms with Crippen molar-refractivity contribution in [2.45, 2.75) is 20.3 Å². The van der Waals surface area contributed by atoms with Crippen molar-refractivity contribution in [1.82, 2.24) is 5.32 Å². The minimum absolute atomic E-state index is 0.0469. The fraction of sp³-hybridized carbons (Fsp3) is 0.385. The summed E-state index contributed by atoms with van der Waals surface area (Å²) in [5.41, 5.74) is 2.02. The van der Waals surface area contributed by atoms with E-state index in [1.54, 1.807) is 18.2 Å². The van der Waals surface area contributed by atoms with Gasteiger partial charge in [0.25, 0.3) is 5.91 Å². The molecule has 1 aromatic carbocycles. The molecule has 0 radical (unpaired) electrons. The summed E-state index contributed by atoms with van der Waals surface area (Å²) < 4.78 is 0. The molecule has 0 atom stereocenters. The fourth-order valence-corrected chi connectivity index (χ4v) is 1.47. The van der Waals surface area contributed by atoms with Crippen LogP contribution in [-0.4, -0.2) is 30.1 Å². The number of hydrogen-bond donors (Lipinski definition) is 3. The van der Waals surface area contributed by atoms with Crippen molar-refractivity contribution in [3.05, 3.63) is 29.3 Å². The Morgan fingerprint density at radius 1 is 1.33 bits per heavy atom. The van der Waals surface area contributed by atoms with E-state index >= 15 is 0 Å². The quantitative estimate of drug-likeness (QED) is 0.684. The molecule has 5 heteroatoms. The molecule has 0 heterocycles. The highest BCUT2D eigenvalue weighted by atomic mass is 16.3. The van der Waals surface area contributed by atoms with E-state index in [9.17, 15) is 9.59 Å². The molecule has 0 saturated carbocycles. The number of nitrogens with one attached hydrogen (secondary N) is 2. The van der Waals surface area contributed by atoms with Crippen LogP contribution in [0.1, 0.15) is 29.3 Å². The molecule has 0 aliphatic heterocycles. The fourth-order valence-electron chi connectivity index (χ4n) is 1.47. The van der Waals surface area contributed by atoms with Crippen molar-refractivity contribution < 1.29 is 14.7 Å². The first-order valence-corrected chi connectivity index (χ1v) is 5.82. The van der Waals surface area contributed by atoms with Crippen LogP contribution in [0.2, 0.25) is 0 Å². The lowest BCUT2D eigenvalue weighted by Gasteiger charge is -2.09. The van der Waals surface area contributed by atoms with Gasteiger partial charge in [-0.15, -0.1) is 0 Å². The number of amides is 2. The van der Waals surface area contributed by atoms with Crippen LogP contribution in [0.25, 0.3) is 0 Å². The number of aliphatic hydroxyl groups is 1. The summed E-state index contributed by atoms with van der Waals surface area (Å²) in [5.74, 6) is -0.383. The number of carbonyl (C=O) groups excluding carboxylic acids is 2. The van der Waals surface area contributed by atoms with E-state index < -0.39 is 0 Å². The number of aliphatic hydroxyl groups excluding tert-OH is 1. The van der Waals surface area contributed by atoms with Gasteiger partial charge in [-0.25, -0.2) is 0 Å². The van der Waals surface area contributed by atoms with E-state index in [0.29, 0.717) is 24.2 Å². The maximum absolute atomic E-state index is 11.8. The highest BCUT2D eigenvalue weighted by Crippen LogP contribution is 2.16. The molecule has 1 rings (SSSR count). The van der Waals surface area contributed by atoms with E-state index in [0.717, 1.165) is 5.56 Å². The van der Waals surface area contributed by atoms with E-state index in [2.05, 4.69) is 10.6 Å².